The highest BCUT2D eigenvalue weighted by Gasteiger charge is 2.31. The Balaban J connectivity index is 1.57. The lowest BCUT2D eigenvalue weighted by Crippen LogP contribution is -2.40. The van der Waals surface area contributed by atoms with Gasteiger partial charge in [0, 0.05) is 19.1 Å². The van der Waals surface area contributed by atoms with Gasteiger partial charge in [0.05, 0.1) is 22.1 Å². The molecule has 0 unspecified atom stereocenters. The zero-order valence-electron chi connectivity index (χ0n) is 16.3. The molecule has 4 rings (SSSR count). The largest absolute Gasteiger partial charge is 0.296 e. The number of halogens is 1. The Kier molecular flexibility index (Phi) is 5.00. The molecule has 0 N–H and O–H groups in total. The van der Waals surface area contributed by atoms with Gasteiger partial charge in [-0.3, -0.25) is 9.36 Å². The Morgan fingerprint density at radius 1 is 1.07 bits per heavy atom. The molecular weight excluding hydrogens is 393 g/mol. The van der Waals surface area contributed by atoms with Crippen LogP contribution in [0.2, 0.25) is 0 Å². The second-order valence-corrected chi connectivity index (χ2v) is 9.41. The van der Waals surface area contributed by atoms with Gasteiger partial charge in [-0.05, 0) is 56.0 Å². The summed E-state index contributed by atoms with van der Waals surface area (Å²) in [4.78, 5) is 17.3. The predicted octanol–water partition coefficient (Wildman–Crippen LogP) is 3.18. The smallest absolute Gasteiger partial charge is 0.261 e. The van der Waals surface area contributed by atoms with Crippen molar-refractivity contribution in [2.24, 2.45) is 0 Å². The van der Waals surface area contributed by atoms with Crippen LogP contribution in [0.25, 0.3) is 10.9 Å². The molecule has 1 saturated heterocycles. The molecule has 0 aliphatic carbocycles. The summed E-state index contributed by atoms with van der Waals surface area (Å²) in [5.74, 6) is -0.537. The van der Waals surface area contributed by atoms with E-state index in [1.54, 1.807) is 23.9 Å². The summed E-state index contributed by atoms with van der Waals surface area (Å²) in [7, 11) is -3.77. The minimum atomic E-state index is -3.77. The Hall–Kier alpha value is -2.58. The van der Waals surface area contributed by atoms with Crippen LogP contribution in [0.1, 0.15) is 30.0 Å². The van der Waals surface area contributed by atoms with Crippen molar-refractivity contribution in [3.05, 3.63) is 70.0 Å². The van der Waals surface area contributed by atoms with E-state index in [1.807, 2.05) is 19.1 Å². The first-order valence-electron chi connectivity index (χ1n) is 9.52. The van der Waals surface area contributed by atoms with Crippen molar-refractivity contribution in [2.75, 3.05) is 13.1 Å². The van der Waals surface area contributed by atoms with Gasteiger partial charge in [0.2, 0.25) is 10.0 Å². The highest BCUT2D eigenvalue weighted by molar-refractivity contribution is 7.89. The molecule has 0 radical (unpaired) electrons. The van der Waals surface area contributed by atoms with Crippen LogP contribution in [0.3, 0.4) is 0 Å². The van der Waals surface area contributed by atoms with Crippen LogP contribution in [0, 0.1) is 19.7 Å². The van der Waals surface area contributed by atoms with Crippen LogP contribution >= 0.6 is 0 Å². The predicted molar refractivity (Wildman–Crippen MR) is 109 cm³/mol. The van der Waals surface area contributed by atoms with Gasteiger partial charge in [0.15, 0.2) is 0 Å². The first kappa shape index (κ1) is 19.7. The highest BCUT2D eigenvalue weighted by atomic mass is 32.2. The maximum atomic E-state index is 13.8. The van der Waals surface area contributed by atoms with Crippen molar-refractivity contribution in [2.45, 2.75) is 37.6 Å². The van der Waals surface area contributed by atoms with Crippen molar-refractivity contribution in [1.82, 2.24) is 13.9 Å². The molecule has 2 heterocycles. The Labute approximate surface area is 168 Å². The number of piperidine rings is 1. The fourth-order valence-corrected chi connectivity index (χ4v) is 5.30. The second-order valence-electron chi connectivity index (χ2n) is 7.47. The summed E-state index contributed by atoms with van der Waals surface area (Å²) in [6, 6.07) is 9.35. The third-order valence-corrected chi connectivity index (χ3v) is 7.51. The standard InChI is InChI=1S/C21H22FN3O3S/c1-14-6-7-17(12-19(14)22)29(27,28)24-10-8-16(9-11-24)25-13-23-20-15(2)4-3-5-18(20)21(25)26/h3-7,12-13,16H,8-11H2,1-2H3. The van der Waals surface area contributed by atoms with E-state index in [2.05, 4.69) is 4.98 Å². The van der Waals surface area contributed by atoms with Gasteiger partial charge in [-0.2, -0.15) is 4.31 Å². The summed E-state index contributed by atoms with van der Waals surface area (Å²) in [6.07, 6.45) is 2.54. The molecule has 3 aromatic rings. The van der Waals surface area contributed by atoms with E-state index in [4.69, 9.17) is 0 Å². The third-order valence-electron chi connectivity index (χ3n) is 5.61. The average Bonchev–Trinajstić information content (AvgIpc) is 2.71. The van der Waals surface area contributed by atoms with Crippen molar-refractivity contribution < 1.29 is 12.8 Å². The number of para-hydroxylation sites is 1. The molecule has 29 heavy (non-hydrogen) atoms. The fourth-order valence-electron chi connectivity index (χ4n) is 3.82. The van der Waals surface area contributed by atoms with Crippen LogP contribution < -0.4 is 5.56 Å². The molecular formula is C21H22FN3O3S. The number of hydrogen-bond acceptors (Lipinski definition) is 4. The number of benzene rings is 2. The summed E-state index contributed by atoms with van der Waals surface area (Å²) < 4.78 is 42.5. The SMILES string of the molecule is Cc1ccc(S(=O)(=O)N2CCC(n3cnc4c(C)cccc4c3=O)CC2)cc1F. The van der Waals surface area contributed by atoms with E-state index in [0.29, 0.717) is 29.3 Å². The lowest BCUT2D eigenvalue weighted by molar-refractivity contribution is 0.269. The molecule has 1 aliphatic rings. The lowest BCUT2D eigenvalue weighted by atomic mass is 10.1. The van der Waals surface area contributed by atoms with Crippen LogP contribution in [0.5, 0.6) is 0 Å². The molecule has 0 atom stereocenters. The molecule has 0 bridgehead atoms. The normalized spacial score (nSPS) is 16.4. The fraction of sp³-hybridized carbons (Fsp3) is 0.333. The maximum absolute atomic E-state index is 13.8. The Morgan fingerprint density at radius 3 is 2.48 bits per heavy atom. The van der Waals surface area contributed by atoms with Crippen molar-refractivity contribution in [3.8, 4) is 0 Å². The minimum absolute atomic E-state index is 0.0425. The molecule has 6 nitrogen and oxygen atoms in total. The lowest BCUT2D eigenvalue weighted by Gasteiger charge is -2.32. The van der Waals surface area contributed by atoms with Crippen molar-refractivity contribution >= 4 is 20.9 Å². The van der Waals surface area contributed by atoms with Crippen LogP contribution in [-0.2, 0) is 10.0 Å². The number of nitrogens with zero attached hydrogens (tertiary/aromatic N) is 3. The van der Waals surface area contributed by atoms with Gasteiger partial charge in [-0.15, -0.1) is 0 Å². The number of hydrogen-bond donors (Lipinski definition) is 0. The Morgan fingerprint density at radius 2 is 1.79 bits per heavy atom. The van der Waals surface area contributed by atoms with Crippen LogP contribution in [-0.4, -0.2) is 35.4 Å². The molecule has 0 spiro atoms. The van der Waals surface area contributed by atoms with Gasteiger partial charge in [0.25, 0.3) is 5.56 Å². The topological polar surface area (TPSA) is 72.3 Å². The third kappa shape index (κ3) is 3.47. The van der Waals surface area contributed by atoms with Gasteiger partial charge in [-0.1, -0.05) is 18.2 Å². The highest BCUT2D eigenvalue weighted by Crippen LogP contribution is 2.27. The van der Waals surface area contributed by atoms with E-state index in [1.165, 1.54) is 16.4 Å². The number of aryl methyl sites for hydroxylation is 2. The number of rotatable bonds is 3. The van der Waals surface area contributed by atoms with E-state index in [0.717, 1.165) is 11.6 Å². The van der Waals surface area contributed by atoms with Gasteiger partial charge in [0.1, 0.15) is 5.82 Å². The van der Waals surface area contributed by atoms with Gasteiger partial charge in [-0.25, -0.2) is 17.8 Å². The summed E-state index contributed by atoms with van der Waals surface area (Å²) in [6.45, 7) is 4.03. The van der Waals surface area contributed by atoms with Gasteiger partial charge >= 0.3 is 0 Å². The van der Waals surface area contributed by atoms with E-state index in [9.17, 15) is 17.6 Å². The zero-order valence-corrected chi connectivity index (χ0v) is 17.1. The average molecular weight is 415 g/mol. The van der Waals surface area contributed by atoms with Gasteiger partial charge < -0.3 is 0 Å². The van der Waals surface area contributed by atoms with Crippen molar-refractivity contribution in [1.29, 1.82) is 0 Å². The first-order chi connectivity index (χ1) is 13.8. The van der Waals surface area contributed by atoms with E-state index < -0.39 is 15.8 Å². The van der Waals surface area contributed by atoms with Crippen LogP contribution in [0.15, 0.2) is 52.4 Å². The van der Waals surface area contributed by atoms with Crippen molar-refractivity contribution in [3.63, 3.8) is 0 Å². The molecule has 1 aliphatic heterocycles. The van der Waals surface area contributed by atoms with E-state index in [-0.39, 0.29) is 29.6 Å². The quantitative estimate of drug-likeness (QED) is 0.659. The molecule has 1 fully saturated rings. The number of aromatic nitrogens is 2. The van der Waals surface area contributed by atoms with E-state index >= 15 is 0 Å². The molecule has 2 aromatic carbocycles. The zero-order chi connectivity index (χ0) is 20.8. The first-order valence-corrected chi connectivity index (χ1v) is 11.0. The number of sulfonamides is 1. The molecule has 1 aromatic heterocycles. The molecule has 0 saturated carbocycles. The summed E-state index contributed by atoms with van der Waals surface area (Å²) in [5.41, 5.74) is 1.93. The summed E-state index contributed by atoms with van der Waals surface area (Å²) >= 11 is 0. The number of fused-ring (bicyclic) bond motifs is 1. The molecule has 152 valence electrons. The maximum Gasteiger partial charge on any atom is 0.261 e. The van der Waals surface area contributed by atoms with Crippen LogP contribution in [0.4, 0.5) is 4.39 Å². The minimum Gasteiger partial charge on any atom is -0.296 e. The Bertz CT molecular complexity index is 1250. The monoisotopic (exact) mass is 415 g/mol. The summed E-state index contributed by atoms with van der Waals surface area (Å²) in [5, 5.41) is 0.567. The second kappa shape index (κ2) is 7.35. The molecule has 8 heteroatoms. The molecule has 0 amide bonds.